The second-order valence-electron chi connectivity index (χ2n) is 8.50. The lowest BCUT2D eigenvalue weighted by Gasteiger charge is -2.63. The van der Waals surface area contributed by atoms with Crippen LogP contribution in [0.25, 0.3) is 0 Å². The van der Waals surface area contributed by atoms with Gasteiger partial charge in [-0.05, 0) is 55.8 Å². The summed E-state index contributed by atoms with van der Waals surface area (Å²) in [5.74, 6) is 1.78. The second kappa shape index (κ2) is 4.84. The molecule has 21 heavy (non-hydrogen) atoms. The van der Waals surface area contributed by atoms with E-state index in [1.54, 1.807) is 0 Å². The number of carbonyl (C=O) groups is 1. The van der Waals surface area contributed by atoms with Crippen LogP contribution in [0.5, 0.6) is 0 Å². The first kappa shape index (κ1) is 15.6. The van der Waals surface area contributed by atoms with Gasteiger partial charge in [0.1, 0.15) is 5.60 Å². The van der Waals surface area contributed by atoms with Crippen molar-refractivity contribution in [2.24, 2.45) is 22.7 Å². The predicted molar refractivity (Wildman–Crippen MR) is 88.1 cm³/mol. The zero-order chi connectivity index (χ0) is 15.5. The van der Waals surface area contributed by atoms with E-state index < -0.39 is 0 Å². The molecule has 2 nitrogen and oxygen atoms in total. The molecule has 0 aromatic heterocycles. The average Bonchev–Trinajstić information content (AvgIpc) is 2.39. The fraction of sp³-hybridized carbons (Fsp3) is 0.833. The molecule has 118 valence electrons. The Hall–Kier alpha value is -0.310. The van der Waals surface area contributed by atoms with E-state index in [-0.39, 0.29) is 5.60 Å². The zero-order valence-corrected chi connectivity index (χ0v) is 15.3. The van der Waals surface area contributed by atoms with Crippen molar-refractivity contribution < 1.29 is 9.53 Å². The molecule has 0 amide bonds. The van der Waals surface area contributed by atoms with Gasteiger partial charge in [-0.15, -0.1) is 0 Å². The normalized spacial score (nSPS) is 45.4. The molecule has 2 aliphatic carbocycles. The van der Waals surface area contributed by atoms with Crippen LogP contribution in [0.4, 0.5) is 0 Å². The first-order valence-corrected chi connectivity index (χ1v) is 9.05. The molecule has 3 heteroatoms. The third-order valence-corrected chi connectivity index (χ3v) is 7.55. The maximum atomic E-state index is 11.2. The molecule has 2 saturated carbocycles. The molecule has 0 spiro atoms. The maximum absolute atomic E-state index is 11.2. The van der Waals surface area contributed by atoms with Gasteiger partial charge < -0.3 is 4.74 Å². The molecular formula is C18H27BrO2. The SMILES string of the molecule is CC1(C)CCC[C@]2(C)[C@H]3CC(Br)=C(C=O)O[C@]3(C)CC[C@@H]12. The second-order valence-corrected chi connectivity index (χ2v) is 9.45. The fourth-order valence-electron chi connectivity index (χ4n) is 5.85. The van der Waals surface area contributed by atoms with Gasteiger partial charge in [0, 0.05) is 10.4 Å². The van der Waals surface area contributed by atoms with Gasteiger partial charge in [0.15, 0.2) is 12.0 Å². The van der Waals surface area contributed by atoms with E-state index >= 15 is 0 Å². The molecule has 0 saturated heterocycles. The highest BCUT2D eigenvalue weighted by Crippen LogP contribution is 2.65. The van der Waals surface area contributed by atoms with Crippen molar-refractivity contribution in [3.63, 3.8) is 0 Å². The van der Waals surface area contributed by atoms with Crippen molar-refractivity contribution in [1.29, 1.82) is 0 Å². The molecule has 1 aliphatic heterocycles. The van der Waals surface area contributed by atoms with Crippen LogP contribution < -0.4 is 0 Å². The molecule has 3 rings (SSSR count). The van der Waals surface area contributed by atoms with Crippen molar-refractivity contribution in [2.75, 3.05) is 0 Å². The summed E-state index contributed by atoms with van der Waals surface area (Å²) in [7, 11) is 0. The van der Waals surface area contributed by atoms with Crippen LogP contribution in [0.2, 0.25) is 0 Å². The molecular weight excluding hydrogens is 328 g/mol. The van der Waals surface area contributed by atoms with Crippen LogP contribution in [-0.4, -0.2) is 11.9 Å². The third kappa shape index (κ3) is 2.22. The topological polar surface area (TPSA) is 26.3 Å². The largest absolute Gasteiger partial charge is 0.483 e. The van der Waals surface area contributed by atoms with Gasteiger partial charge in [-0.3, -0.25) is 4.79 Å². The Morgan fingerprint density at radius 3 is 2.52 bits per heavy atom. The lowest BCUT2D eigenvalue weighted by molar-refractivity contribution is -0.183. The number of aldehydes is 1. The van der Waals surface area contributed by atoms with Gasteiger partial charge in [-0.1, -0.05) is 43.1 Å². The number of fused-ring (bicyclic) bond motifs is 3. The van der Waals surface area contributed by atoms with Gasteiger partial charge >= 0.3 is 0 Å². The first-order valence-electron chi connectivity index (χ1n) is 8.26. The number of ether oxygens (including phenoxy) is 1. The molecule has 0 bridgehead atoms. The highest BCUT2D eigenvalue weighted by atomic mass is 79.9. The summed E-state index contributed by atoms with van der Waals surface area (Å²) >= 11 is 3.59. The van der Waals surface area contributed by atoms with Crippen LogP contribution in [0.15, 0.2) is 10.2 Å². The van der Waals surface area contributed by atoms with Gasteiger partial charge in [0.05, 0.1) is 0 Å². The maximum Gasteiger partial charge on any atom is 0.185 e. The summed E-state index contributed by atoms with van der Waals surface area (Å²) in [4.78, 5) is 11.2. The molecule has 2 fully saturated rings. The van der Waals surface area contributed by atoms with E-state index in [0.29, 0.717) is 22.5 Å². The minimum atomic E-state index is -0.174. The Morgan fingerprint density at radius 1 is 1.14 bits per heavy atom. The van der Waals surface area contributed by atoms with Crippen molar-refractivity contribution in [1.82, 2.24) is 0 Å². The predicted octanol–water partition coefficient (Wildman–Crippen LogP) is 5.21. The lowest BCUT2D eigenvalue weighted by atomic mass is 9.45. The Bertz CT molecular complexity index is 495. The van der Waals surface area contributed by atoms with Gasteiger partial charge in [0.25, 0.3) is 0 Å². The van der Waals surface area contributed by atoms with Gasteiger partial charge in [0.2, 0.25) is 0 Å². The van der Waals surface area contributed by atoms with Gasteiger partial charge in [-0.25, -0.2) is 0 Å². The van der Waals surface area contributed by atoms with E-state index in [0.717, 1.165) is 29.5 Å². The van der Waals surface area contributed by atoms with Crippen molar-refractivity contribution in [2.45, 2.75) is 71.8 Å². The number of hydrogen-bond acceptors (Lipinski definition) is 2. The van der Waals surface area contributed by atoms with E-state index in [9.17, 15) is 4.79 Å². The number of rotatable bonds is 1. The monoisotopic (exact) mass is 354 g/mol. The molecule has 0 N–H and O–H groups in total. The van der Waals surface area contributed by atoms with Crippen LogP contribution in [0, 0.1) is 22.7 Å². The summed E-state index contributed by atoms with van der Waals surface area (Å²) in [5, 5.41) is 0. The Kier molecular flexibility index (Phi) is 3.59. The van der Waals surface area contributed by atoms with Crippen molar-refractivity contribution >= 4 is 22.2 Å². The molecule has 0 aromatic rings. The number of allylic oxidation sites excluding steroid dienone is 2. The highest BCUT2D eigenvalue weighted by molar-refractivity contribution is 9.11. The Labute approximate surface area is 136 Å². The highest BCUT2D eigenvalue weighted by Gasteiger charge is 2.60. The molecule has 1 heterocycles. The van der Waals surface area contributed by atoms with Gasteiger partial charge in [-0.2, -0.15) is 0 Å². The smallest absolute Gasteiger partial charge is 0.185 e. The lowest BCUT2D eigenvalue weighted by Crippen LogP contribution is -2.59. The van der Waals surface area contributed by atoms with Crippen LogP contribution >= 0.6 is 15.9 Å². The Balaban J connectivity index is 2.02. The quantitative estimate of drug-likeness (QED) is 0.603. The summed E-state index contributed by atoms with van der Waals surface area (Å²) in [6, 6.07) is 0. The van der Waals surface area contributed by atoms with E-state index in [1.807, 2.05) is 0 Å². The summed E-state index contributed by atoms with van der Waals surface area (Å²) in [6.07, 6.45) is 8.06. The average molecular weight is 355 g/mol. The summed E-state index contributed by atoms with van der Waals surface area (Å²) < 4.78 is 7.15. The number of hydrogen-bond donors (Lipinski definition) is 0. The van der Waals surface area contributed by atoms with Crippen LogP contribution in [0.1, 0.15) is 66.2 Å². The number of halogens is 1. The molecule has 0 radical (unpaired) electrons. The van der Waals surface area contributed by atoms with E-state index in [4.69, 9.17) is 4.74 Å². The molecule has 0 aromatic carbocycles. The number of carbonyl (C=O) groups excluding carboxylic acids is 1. The summed E-state index contributed by atoms with van der Waals surface area (Å²) in [5.41, 5.74) is 0.573. The summed E-state index contributed by atoms with van der Waals surface area (Å²) in [6.45, 7) is 9.60. The minimum absolute atomic E-state index is 0.174. The van der Waals surface area contributed by atoms with E-state index in [2.05, 4.69) is 43.6 Å². The van der Waals surface area contributed by atoms with Crippen molar-refractivity contribution in [3.05, 3.63) is 10.2 Å². The Morgan fingerprint density at radius 2 is 1.86 bits per heavy atom. The zero-order valence-electron chi connectivity index (χ0n) is 13.7. The van der Waals surface area contributed by atoms with Crippen molar-refractivity contribution in [3.8, 4) is 0 Å². The molecule has 3 aliphatic rings. The standard InChI is InChI=1S/C18H27BrO2/c1-16(2)7-5-8-17(3)14(16)6-9-18(4)15(17)10-12(19)13(11-20)21-18/h11,14-15H,5-10H2,1-4H3/t14-,15+,17-,18+/m0/s1. The minimum Gasteiger partial charge on any atom is -0.483 e. The van der Waals surface area contributed by atoms with Crippen LogP contribution in [-0.2, 0) is 9.53 Å². The van der Waals surface area contributed by atoms with E-state index in [1.165, 1.54) is 25.7 Å². The van der Waals surface area contributed by atoms with Crippen LogP contribution in [0.3, 0.4) is 0 Å². The first-order chi connectivity index (χ1) is 9.73. The molecule has 0 unspecified atom stereocenters. The third-order valence-electron chi connectivity index (χ3n) is 6.84. The molecule has 4 atom stereocenters. The fourth-order valence-corrected chi connectivity index (χ4v) is 6.35.